The number of nitrogens with zero attached hydrogens (tertiary/aromatic N) is 2. The molecule has 0 spiro atoms. The van der Waals surface area contributed by atoms with Gasteiger partial charge >= 0.3 is 0 Å². The number of ether oxygens (including phenoxy) is 1. The molecule has 1 unspecified atom stereocenters. The van der Waals surface area contributed by atoms with Crippen LogP contribution in [0.15, 0.2) is 11.4 Å². The Bertz CT molecular complexity index is 570. The number of fused-ring (bicyclic) bond motifs is 1. The predicted molar refractivity (Wildman–Crippen MR) is 82.6 cm³/mol. The molecule has 0 amide bonds. The zero-order chi connectivity index (χ0) is 14.6. The Morgan fingerprint density at radius 3 is 2.95 bits per heavy atom. The van der Waals surface area contributed by atoms with Crippen LogP contribution in [-0.2, 0) is 4.74 Å². The zero-order valence-corrected chi connectivity index (χ0v) is 12.8. The van der Waals surface area contributed by atoms with Gasteiger partial charge in [-0.2, -0.15) is 4.98 Å². The predicted octanol–water partition coefficient (Wildman–Crippen LogP) is 1.93. The fourth-order valence-electron chi connectivity index (χ4n) is 1.79. The van der Waals surface area contributed by atoms with Crippen LogP contribution in [0.2, 0.25) is 0 Å². The fraction of sp³-hybridized carbons (Fsp3) is 0.538. The number of thiophene rings is 1. The summed E-state index contributed by atoms with van der Waals surface area (Å²) in [6, 6.07) is 1.98. The summed E-state index contributed by atoms with van der Waals surface area (Å²) < 4.78 is 5.00. The summed E-state index contributed by atoms with van der Waals surface area (Å²) in [5.74, 6) is 1.30. The minimum atomic E-state index is -0.844. The van der Waals surface area contributed by atoms with E-state index >= 15 is 0 Å². The van der Waals surface area contributed by atoms with Crippen LogP contribution < -0.4 is 10.6 Å². The van der Waals surface area contributed by atoms with Crippen LogP contribution >= 0.6 is 11.3 Å². The molecule has 110 valence electrons. The molecule has 20 heavy (non-hydrogen) atoms. The standard InChI is InChI=1S/C13H20N4O2S/c1-13(18,5-6-19-3)8-15-10-9-4-7-20-11(9)17-12(14-2)16-10/h4,7,18H,5-6,8H2,1-3H3,(H2,14,15,16,17). The van der Waals surface area contributed by atoms with Crippen molar-refractivity contribution in [2.45, 2.75) is 18.9 Å². The first kappa shape index (κ1) is 15.0. The average Bonchev–Trinajstić information content (AvgIpc) is 2.90. The van der Waals surface area contributed by atoms with Crippen LogP contribution in [0.4, 0.5) is 11.8 Å². The minimum Gasteiger partial charge on any atom is -0.388 e. The summed E-state index contributed by atoms with van der Waals surface area (Å²) in [5, 5.41) is 19.4. The molecule has 3 N–H and O–H groups in total. The molecule has 0 saturated carbocycles. The van der Waals surface area contributed by atoms with Gasteiger partial charge in [-0.3, -0.25) is 0 Å². The maximum atomic E-state index is 10.3. The molecule has 0 radical (unpaired) electrons. The number of aromatic nitrogens is 2. The lowest BCUT2D eigenvalue weighted by Gasteiger charge is -2.23. The van der Waals surface area contributed by atoms with Gasteiger partial charge in [-0.1, -0.05) is 0 Å². The van der Waals surface area contributed by atoms with E-state index in [2.05, 4.69) is 20.6 Å². The molecule has 2 heterocycles. The Morgan fingerprint density at radius 2 is 2.25 bits per heavy atom. The second-order valence-corrected chi connectivity index (χ2v) is 5.77. The van der Waals surface area contributed by atoms with E-state index in [1.807, 2.05) is 11.4 Å². The van der Waals surface area contributed by atoms with Crippen molar-refractivity contribution >= 4 is 33.3 Å². The van der Waals surface area contributed by atoms with E-state index in [1.54, 1.807) is 32.4 Å². The Morgan fingerprint density at radius 1 is 1.45 bits per heavy atom. The molecular formula is C13H20N4O2S. The maximum absolute atomic E-state index is 10.3. The largest absolute Gasteiger partial charge is 0.388 e. The second-order valence-electron chi connectivity index (χ2n) is 4.88. The van der Waals surface area contributed by atoms with Gasteiger partial charge in [-0.05, 0) is 18.4 Å². The van der Waals surface area contributed by atoms with Gasteiger partial charge in [0.05, 0.1) is 11.0 Å². The number of hydrogen-bond acceptors (Lipinski definition) is 7. The molecule has 0 aliphatic rings. The van der Waals surface area contributed by atoms with Crippen molar-refractivity contribution in [3.63, 3.8) is 0 Å². The van der Waals surface area contributed by atoms with Gasteiger partial charge in [0.25, 0.3) is 0 Å². The number of hydrogen-bond donors (Lipinski definition) is 3. The molecule has 0 aliphatic carbocycles. The van der Waals surface area contributed by atoms with Crippen LogP contribution in [0, 0.1) is 0 Å². The lowest BCUT2D eigenvalue weighted by molar-refractivity contribution is 0.0357. The van der Waals surface area contributed by atoms with E-state index in [0.717, 1.165) is 16.0 Å². The van der Waals surface area contributed by atoms with E-state index < -0.39 is 5.60 Å². The van der Waals surface area contributed by atoms with E-state index in [4.69, 9.17) is 4.74 Å². The van der Waals surface area contributed by atoms with Crippen LogP contribution in [0.5, 0.6) is 0 Å². The van der Waals surface area contributed by atoms with Gasteiger partial charge in [0, 0.05) is 33.7 Å². The fourth-order valence-corrected chi connectivity index (χ4v) is 2.55. The molecule has 0 aliphatic heterocycles. The Hall–Kier alpha value is -1.44. The van der Waals surface area contributed by atoms with Gasteiger partial charge in [-0.15, -0.1) is 11.3 Å². The Labute approximate surface area is 122 Å². The first-order valence-corrected chi connectivity index (χ1v) is 7.32. The Balaban J connectivity index is 2.14. The van der Waals surface area contributed by atoms with E-state index in [0.29, 0.717) is 25.5 Å². The van der Waals surface area contributed by atoms with Gasteiger partial charge in [0.1, 0.15) is 10.6 Å². The lowest BCUT2D eigenvalue weighted by Crippen LogP contribution is -2.35. The summed E-state index contributed by atoms with van der Waals surface area (Å²) in [6.45, 7) is 2.71. The number of anilines is 2. The van der Waals surface area contributed by atoms with Crippen molar-refractivity contribution in [2.24, 2.45) is 0 Å². The topological polar surface area (TPSA) is 79.3 Å². The molecule has 6 nitrogen and oxygen atoms in total. The second kappa shape index (κ2) is 6.34. The van der Waals surface area contributed by atoms with Crippen molar-refractivity contribution in [1.82, 2.24) is 9.97 Å². The normalized spacial score (nSPS) is 14.2. The van der Waals surface area contributed by atoms with Crippen molar-refractivity contribution in [3.05, 3.63) is 11.4 Å². The summed E-state index contributed by atoms with van der Waals surface area (Å²) in [7, 11) is 3.41. The minimum absolute atomic E-state index is 0.404. The van der Waals surface area contributed by atoms with Crippen molar-refractivity contribution < 1.29 is 9.84 Å². The van der Waals surface area contributed by atoms with Crippen molar-refractivity contribution in [1.29, 1.82) is 0 Å². The third-order valence-corrected chi connectivity index (χ3v) is 3.84. The van der Waals surface area contributed by atoms with Crippen molar-refractivity contribution in [3.8, 4) is 0 Å². The highest BCUT2D eigenvalue weighted by molar-refractivity contribution is 7.16. The number of nitrogens with one attached hydrogen (secondary N) is 2. The third-order valence-electron chi connectivity index (χ3n) is 3.03. The highest BCUT2D eigenvalue weighted by Crippen LogP contribution is 2.26. The molecular weight excluding hydrogens is 276 g/mol. The number of rotatable bonds is 7. The van der Waals surface area contributed by atoms with E-state index in [-0.39, 0.29) is 0 Å². The van der Waals surface area contributed by atoms with Crippen LogP contribution in [0.1, 0.15) is 13.3 Å². The first-order chi connectivity index (χ1) is 9.55. The smallest absolute Gasteiger partial charge is 0.225 e. The molecule has 2 rings (SSSR count). The SMILES string of the molecule is CNc1nc(NCC(C)(O)CCOC)c2ccsc2n1. The summed E-state index contributed by atoms with van der Waals surface area (Å²) in [6.07, 6.45) is 0.563. The maximum Gasteiger partial charge on any atom is 0.225 e. The molecule has 0 aromatic carbocycles. The van der Waals surface area contributed by atoms with E-state index in [9.17, 15) is 5.11 Å². The third kappa shape index (κ3) is 3.56. The average molecular weight is 296 g/mol. The van der Waals surface area contributed by atoms with Crippen LogP contribution in [0.3, 0.4) is 0 Å². The molecule has 2 aromatic heterocycles. The highest BCUT2D eigenvalue weighted by atomic mass is 32.1. The molecule has 7 heteroatoms. The van der Waals surface area contributed by atoms with Gasteiger partial charge < -0.3 is 20.5 Å². The molecule has 0 bridgehead atoms. The first-order valence-electron chi connectivity index (χ1n) is 6.44. The van der Waals surface area contributed by atoms with Gasteiger partial charge in [-0.25, -0.2) is 4.98 Å². The zero-order valence-electron chi connectivity index (χ0n) is 11.9. The summed E-state index contributed by atoms with van der Waals surface area (Å²) in [5.41, 5.74) is -0.844. The lowest BCUT2D eigenvalue weighted by atomic mass is 10.0. The Kier molecular flexibility index (Phi) is 4.74. The quantitative estimate of drug-likeness (QED) is 0.724. The molecule has 0 fully saturated rings. The van der Waals surface area contributed by atoms with Gasteiger partial charge in [0.2, 0.25) is 5.95 Å². The molecule has 2 aromatic rings. The molecule has 1 atom stereocenters. The van der Waals surface area contributed by atoms with Crippen LogP contribution in [-0.4, -0.2) is 48.0 Å². The van der Waals surface area contributed by atoms with Crippen molar-refractivity contribution in [2.75, 3.05) is 37.9 Å². The number of methoxy groups -OCH3 is 1. The van der Waals surface area contributed by atoms with Crippen LogP contribution in [0.25, 0.3) is 10.2 Å². The summed E-state index contributed by atoms with van der Waals surface area (Å²) >= 11 is 1.56. The summed E-state index contributed by atoms with van der Waals surface area (Å²) in [4.78, 5) is 9.71. The highest BCUT2D eigenvalue weighted by Gasteiger charge is 2.20. The van der Waals surface area contributed by atoms with E-state index in [1.165, 1.54) is 0 Å². The molecule has 0 saturated heterocycles. The van der Waals surface area contributed by atoms with Gasteiger partial charge in [0.15, 0.2) is 0 Å². The monoisotopic (exact) mass is 296 g/mol. The number of aliphatic hydroxyl groups is 1.